The molecule has 2 heteroatoms. The van der Waals surface area contributed by atoms with Gasteiger partial charge in [-0.2, -0.15) is 0 Å². The Balaban J connectivity index is 1.32. The van der Waals surface area contributed by atoms with Gasteiger partial charge in [0, 0.05) is 34.1 Å². The van der Waals surface area contributed by atoms with Crippen LogP contribution in [0.15, 0.2) is 182 Å². The summed E-state index contributed by atoms with van der Waals surface area (Å²) in [6, 6.07) is 62.0. The standard InChI is InChI=1S/C47H30N2/c1-3-12-35(13-4-1)47(36-14-5-2-6-15-36)42-29-33(31-25-27-48-28-26-31)20-22-38(42)39-23-21-34(30-43(39)47)45-40-17-9-10-18-44(40)49-46-37-16-8-7-11-32(37)19-24-41(45)46/h1-30H. The van der Waals surface area contributed by atoms with Crippen molar-refractivity contribution in [3.63, 3.8) is 0 Å². The highest BCUT2D eigenvalue weighted by molar-refractivity contribution is 6.17. The molecular weight excluding hydrogens is 593 g/mol. The van der Waals surface area contributed by atoms with Gasteiger partial charge in [-0.25, -0.2) is 4.98 Å². The number of para-hydroxylation sites is 1. The zero-order valence-electron chi connectivity index (χ0n) is 26.7. The summed E-state index contributed by atoms with van der Waals surface area (Å²) in [4.78, 5) is 9.55. The highest BCUT2D eigenvalue weighted by Gasteiger charge is 2.46. The topological polar surface area (TPSA) is 25.8 Å². The minimum Gasteiger partial charge on any atom is -0.265 e. The third kappa shape index (κ3) is 4.07. The lowest BCUT2D eigenvalue weighted by atomic mass is 9.67. The van der Waals surface area contributed by atoms with E-state index in [1.54, 1.807) is 0 Å². The smallest absolute Gasteiger partial charge is 0.0794 e. The van der Waals surface area contributed by atoms with Crippen LogP contribution in [-0.2, 0) is 5.41 Å². The molecule has 0 saturated heterocycles. The van der Waals surface area contributed by atoms with Crippen LogP contribution in [0.2, 0.25) is 0 Å². The normalized spacial score (nSPS) is 13.1. The number of aromatic nitrogens is 2. The molecule has 0 saturated carbocycles. The largest absolute Gasteiger partial charge is 0.265 e. The third-order valence-electron chi connectivity index (χ3n) is 10.4. The van der Waals surface area contributed by atoms with Crippen molar-refractivity contribution in [3.8, 4) is 33.4 Å². The van der Waals surface area contributed by atoms with Crippen LogP contribution in [0, 0.1) is 0 Å². The first-order chi connectivity index (χ1) is 24.3. The Labute approximate surface area is 285 Å². The summed E-state index contributed by atoms with van der Waals surface area (Å²) in [6.07, 6.45) is 3.75. The molecule has 1 aliphatic carbocycles. The monoisotopic (exact) mass is 622 g/mol. The van der Waals surface area contributed by atoms with E-state index in [-0.39, 0.29) is 0 Å². The Bertz CT molecular complexity index is 2660. The second-order valence-corrected chi connectivity index (χ2v) is 12.9. The molecule has 0 radical (unpaired) electrons. The molecule has 2 aromatic heterocycles. The van der Waals surface area contributed by atoms with Crippen LogP contribution in [0.1, 0.15) is 22.3 Å². The fourth-order valence-electron chi connectivity index (χ4n) is 8.30. The zero-order valence-corrected chi connectivity index (χ0v) is 26.7. The molecule has 0 unspecified atom stereocenters. The van der Waals surface area contributed by atoms with Crippen molar-refractivity contribution in [2.45, 2.75) is 5.41 Å². The summed E-state index contributed by atoms with van der Waals surface area (Å²) in [6.45, 7) is 0. The van der Waals surface area contributed by atoms with E-state index in [1.807, 2.05) is 12.4 Å². The maximum absolute atomic E-state index is 5.25. The molecule has 0 atom stereocenters. The lowest BCUT2D eigenvalue weighted by molar-refractivity contribution is 0.769. The van der Waals surface area contributed by atoms with Gasteiger partial charge in [-0.05, 0) is 85.8 Å². The molecule has 10 rings (SSSR count). The van der Waals surface area contributed by atoms with Gasteiger partial charge in [0.15, 0.2) is 0 Å². The molecule has 49 heavy (non-hydrogen) atoms. The van der Waals surface area contributed by atoms with Gasteiger partial charge in [0.05, 0.1) is 16.4 Å². The summed E-state index contributed by atoms with van der Waals surface area (Å²) in [5.74, 6) is 0. The molecule has 0 spiro atoms. The predicted octanol–water partition coefficient (Wildman–Crippen LogP) is 11.6. The quantitative estimate of drug-likeness (QED) is 0.144. The Morgan fingerprint density at radius 3 is 1.71 bits per heavy atom. The second kappa shape index (κ2) is 10.8. The number of nitrogens with zero attached hydrogens (tertiary/aromatic N) is 2. The maximum Gasteiger partial charge on any atom is 0.0794 e. The van der Waals surface area contributed by atoms with Crippen LogP contribution >= 0.6 is 0 Å². The molecule has 0 amide bonds. The van der Waals surface area contributed by atoms with Crippen molar-refractivity contribution in [2.75, 3.05) is 0 Å². The van der Waals surface area contributed by atoms with Crippen molar-refractivity contribution in [1.29, 1.82) is 0 Å². The average Bonchev–Trinajstić information content (AvgIpc) is 3.47. The fraction of sp³-hybridized carbons (Fsp3) is 0.0213. The number of pyridine rings is 2. The molecule has 2 heterocycles. The Kier molecular flexibility index (Phi) is 6.13. The third-order valence-corrected chi connectivity index (χ3v) is 10.4. The lowest BCUT2D eigenvalue weighted by Crippen LogP contribution is -2.28. The number of hydrogen-bond donors (Lipinski definition) is 0. The fourth-order valence-corrected chi connectivity index (χ4v) is 8.30. The maximum atomic E-state index is 5.25. The van der Waals surface area contributed by atoms with E-state index in [0.29, 0.717) is 0 Å². The van der Waals surface area contributed by atoms with Gasteiger partial charge >= 0.3 is 0 Å². The van der Waals surface area contributed by atoms with Crippen molar-refractivity contribution in [3.05, 3.63) is 205 Å². The summed E-state index contributed by atoms with van der Waals surface area (Å²) in [5, 5.41) is 4.70. The zero-order chi connectivity index (χ0) is 32.4. The lowest BCUT2D eigenvalue weighted by Gasteiger charge is -2.34. The average molecular weight is 623 g/mol. The van der Waals surface area contributed by atoms with Crippen LogP contribution in [0.3, 0.4) is 0 Å². The van der Waals surface area contributed by atoms with Crippen molar-refractivity contribution >= 4 is 32.6 Å². The van der Waals surface area contributed by atoms with Gasteiger partial charge in [0.2, 0.25) is 0 Å². The molecule has 0 N–H and O–H groups in total. The molecule has 2 nitrogen and oxygen atoms in total. The van der Waals surface area contributed by atoms with E-state index in [9.17, 15) is 0 Å². The second-order valence-electron chi connectivity index (χ2n) is 12.9. The first-order valence-corrected chi connectivity index (χ1v) is 16.8. The Hall–Kier alpha value is -6.38. The van der Waals surface area contributed by atoms with Crippen LogP contribution in [0.25, 0.3) is 66.0 Å². The van der Waals surface area contributed by atoms with Crippen LogP contribution in [-0.4, -0.2) is 9.97 Å². The number of fused-ring (bicyclic) bond motifs is 7. The SMILES string of the molecule is c1ccc(C2(c3ccccc3)c3cc(-c4ccncc4)ccc3-c3ccc(-c4c5ccccc5nc5c4ccc4ccccc45)cc32)cc1. The van der Waals surface area contributed by atoms with Gasteiger partial charge < -0.3 is 0 Å². The van der Waals surface area contributed by atoms with Gasteiger partial charge in [0.1, 0.15) is 0 Å². The van der Waals surface area contributed by atoms with E-state index in [2.05, 4.69) is 175 Å². The van der Waals surface area contributed by atoms with Crippen LogP contribution < -0.4 is 0 Å². The van der Waals surface area contributed by atoms with E-state index in [1.165, 1.54) is 60.8 Å². The van der Waals surface area contributed by atoms with Crippen LogP contribution in [0.5, 0.6) is 0 Å². The molecule has 0 aliphatic heterocycles. The highest BCUT2D eigenvalue weighted by Crippen LogP contribution is 2.57. The van der Waals surface area contributed by atoms with Gasteiger partial charge in [-0.3, -0.25) is 4.98 Å². The van der Waals surface area contributed by atoms with E-state index in [0.717, 1.165) is 27.4 Å². The van der Waals surface area contributed by atoms with Crippen LogP contribution in [0.4, 0.5) is 0 Å². The van der Waals surface area contributed by atoms with Gasteiger partial charge in [0.25, 0.3) is 0 Å². The summed E-state index contributed by atoms with van der Waals surface area (Å²) < 4.78 is 0. The van der Waals surface area contributed by atoms with E-state index in [4.69, 9.17) is 4.98 Å². The summed E-state index contributed by atoms with van der Waals surface area (Å²) in [7, 11) is 0. The number of benzene rings is 7. The van der Waals surface area contributed by atoms with E-state index >= 15 is 0 Å². The van der Waals surface area contributed by atoms with Crippen molar-refractivity contribution < 1.29 is 0 Å². The van der Waals surface area contributed by atoms with Gasteiger partial charge in [-0.1, -0.05) is 140 Å². The number of rotatable bonds is 4. The highest BCUT2D eigenvalue weighted by atomic mass is 14.7. The molecule has 0 fully saturated rings. The molecule has 1 aliphatic rings. The summed E-state index contributed by atoms with van der Waals surface area (Å²) in [5.41, 5.74) is 13.9. The van der Waals surface area contributed by atoms with E-state index < -0.39 is 5.41 Å². The minimum absolute atomic E-state index is 0.530. The molecule has 228 valence electrons. The van der Waals surface area contributed by atoms with Crippen molar-refractivity contribution in [2.24, 2.45) is 0 Å². The van der Waals surface area contributed by atoms with Crippen molar-refractivity contribution in [1.82, 2.24) is 9.97 Å². The molecular formula is C47H30N2. The molecule has 7 aromatic carbocycles. The predicted molar refractivity (Wildman–Crippen MR) is 203 cm³/mol. The number of hydrogen-bond acceptors (Lipinski definition) is 2. The Morgan fingerprint density at radius 2 is 1.00 bits per heavy atom. The first kappa shape index (κ1) is 27.7. The Morgan fingerprint density at radius 1 is 0.408 bits per heavy atom. The van der Waals surface area contributed by atoms with Gasteiger partial charge in [-0.15, -0.1) is 0 Å². The molecule has 0 bridgehead atoms. The minimum atomic E-state index is -0.530. The summed E-state index contributed by atoms with van der Waals surface area (Å²) >= 11 is 0. The molecule has 9 aromatic rings. The first-order valence-electron chi connectivity index (χ1n) is 16.8.